The summed E-state index contributed by atoms with van der Waals surface area (Å²) in [7, 11) is 0. The van der Waals surface area contributed by atoms with Crippen LogP contribution < -0.4 is 4.90 Å². The molecule has 1 fully saturated rings. The Balaban J connectivity index is 1.84. The van der Waals surface area contributed by atoms with E-state index in [0.717, 1.165) is 33.6 Å². The van der Waals surface area contributed by atoms with E-state index in [9.17, 15) is 4.79 Å². The molecule has 2 unspecified atom stereocenters. The first-order valence-electron chi connectivity index (χ1n) is 6.80. The van der Waals surface area contributed by atoms with Gasteiger partial charge in [0.2, 0.25) is 0 Å². The Morgan fingerprint density at radius 1 is 1.48 bits per heavy atom. The van der Waals surface area contributed by atoms with Gasteiger partial charge in [0.25, 0.3) is 0 Å². The van der Waals surface area contributed by atoms with Crippen LogP contribution in [-0.2, 0) is 9.53 Å². The molecule has 2 atom stereocenters. The highest BCUT2D eigenvalue weighted by Crippen LogP contribution is 2.32. The van der Waals surface area contributed by atoms with E-state index in [0.29, 0.717) is 6.54 Å². The highest BCUT2D eigenvalue weighted by molar-refractivity contribution is 9.10. The van der Waals surface area contributed by atoms with Gasteiger partial charge in [0, 0.05) is 22.0 Å². The summed E-state index contributed by atoms with van der Waals surface area (Å²) < 4.78 is 6.72. The Morgan fingerprint density at radius 3 is 2.90 bits per heavy atom. The largest absolute Gasteiger partial charge is 0.346 e. The van der Waals surface area contributed by atoms with Gasteiger partial charge in [-0.3, -0.25) is 4.79 Å². The summed E-state index contributed by atoms with van der Waals surface area (Å²) in [6.45, 7) is 2.78. The number of rotatable bonds is 4. The molecule has 1 aromatic heterocycles. The molecule has 0 saturated carbocycles. The molecule has 1 aromatic carbocycles. The van der Waals surface area contributed by atoms with Crippen molar-refractivity contribution in [2.45, 2.75) is 25.7 Å². The number of aldehydes is 1. The highest BCUT2D eigenvalue weighted by atomic mass is 79.9. The smallest absolute Gasteiger partial charge is 0.188 e. The molecule has 1 aliphatic heterocycles. The third-order valence-corrected chi connectivity index (χ3v) is 4.90. The normalized spacial score (nSPS) is 21.7. The van der Waals surface area contributed by atoms with Crippen LogP contribution in [0, 0.1) is 0 Å². The molecule has 0 amide bonds. The van der Waals surface area contributed by atoms with Gasteiger partial charge in [0.05, 0.1) is 11.8 Å². The van der Waals surface area contributed by atoms with E-state index in [1.54, 1.807) is 11.3 Å². The van der Waals surface area contributed by atoms with E-state index in [2.05, 4.69) is 27.8 Å². The van der Waals surface area contributed by atoms with Crippen LogP contribution in [0.1, 0.15) is 13.3 Å². The number of halogens is 1. The first-order chi connectivity index (χ1) is 10.2. The van der Waals surface area contributed by atoms with Crippen molar-refractivity contribution in [1.29, 1.82) is 0 Å². The summed E-state index contributed by atoms with van der Waals surface area (Å²) in [6.07, 6.45) is 1.32. The lowest BCUT2D eigenvalue weighted by Gasteiger charge is -2.16. The number of hydrogen-bond acceptors (Lipinski definition) is 5. The molecule has 1 saturated heterocycles. The lowest BCUT2D eigenvalue weighted by atomic mass is 10.2. The van der Waals surface area contributed by atoms with Gasteiger partial charge in [0.1, 0.15) is 0 Å². The average molecular weight is 367 g/mol. The van der Waals surface area contributed by atoms with Gasteiger partial charge in [0.15, 0.2) is 17.6 Å². The third-order valence-electron chi connectivity index (χ3n) is 3.49. The van der Waals surface area contributed by atoms with Crippen molar-refractivity contribution >= 4 is 38.7 Å². The van der Waals surface area contributed by atoms with Crippen molar-refractivity contribution in [3.63, 3.8) is 0 Å². The number of ether oxygens (including phenoxy) is 1. The highest BCUT2D eigenvalue weighted by Gasteiger charge is 2.33. The van der Waals surface area contributed by atoms with Crippen molar-refractivity contribution in [1.82, 2.24) is 4.98 Å². The standard InChI is InChI=1S/C15H15BrN2O2S/c1-2-12-7-18(14(8-19)20-12)15-17-13(9-21-15)10-3-5-11(16)6-4-10/h3-6,8-9,12,14H,2,7H2,1H3. The van der Waals surface area contributed by atoms with Gasteiger partial charge in [-0.2, -0.15) is 0 Å². The minimum atomic E-state index is -0.515. The summed E-state index contributed by atoms with van der Waals surface area (Å²) in [5, 5.41) is 2.85. The maximum Gasteiger partial charge on any atom is 0.188 e. The zero-order valence-corrected chi connectivity index (χ0v) is 13.9. The molecule has 0 radical (unpaired) electrons. The van der Waals surface area contributed by atoms with Crippen LogP contribution in [-0.4, -0.2) is 30.1 Å². The Hall–Kier alpha value is -1.24. The molecule has 4 nitrogen and oxygen atoms in total. The Bertz CT molecular complexity index is 629. The average Bonchev–Trinajstić information content (AvgIpc) is 3.14. The Morgan fingerprint density at radius 2 is 2.24 bits per heavy atom. The van der Waals surface area contributed by atoms with Crippen LogP contribution in [0.5, 0.6) is 0 Å². The quantitative estimate of drug-likeness (QED) is 0.773. The van der Waals surface area contributed by atoms with Gasteiger partial charge < -0.3 is 9.64 Å². The zero-order chi connectivity index (χ0) is 14.8. The molecule has 6 heteroatoms. The predicted molar refractivity (Wildman–Crippen MR) is 87.6 cm³/mol. The minimum absolute atomic E-state index is 0.0974. The molecule has 3 rings (SSSR count). The molecule has 2 aromatic rings. The maximum atomic E-state index is 11.2. The number of thiazole rings is 1. The molecular formula is C15H15BrN2O2S. The second-order valence-electron chi connectivity index (χ2n) is 4.87. The van der Waals surface area contributed by atoms with Gasteiger partial charge in [-0.05, 0) is 18.6 Å². The van der Waals surface area contributed by atoms with Crippen LogP contribution in [0.25, 0.3) is 11.3 Å². The topological polar surface area (TPSA) is 42.4 Å². The van der Waals surface area contributed by atoms with E-state index in [4.69, 9.17) is 4.74 Å². The molecule has 2 heterocycles. The number of nitrogens with zero attached hydrogens (tertiary/aromatic N) is 2. The molecule has 0 aliphatic carbocycles. The summed E-state index contributed by atoms with van der Waals surface area (Å²) in [5.74, 6) is 0. The fraction of sp³-hybridized carbons (Fsp3) is 0.333. The van der Waals surface area contributed by atoms with Crippen molar-refractivity contribution in [2.24, 2.45) is 0 Å². The van der Waals surface area contributed by atoms with Crippen molar-refractivity contribution in [3.05, 3.63) is 34.1 Å². The van der Waals surface area contributed by atoms with Crippen molar-refractivity contribution in [2.75, 3.05) is 11.4 Å². The molecular weight excluding hydrogens is 352 g/mol. The Labute approximate surface area is 135 Å². The summed E-state index contributed by atoms with van der Waals surface area (Å²) in [5.41, 5.74) is 1.99. The first-order valence-corrected chi connectivity index (χ1v) is 8.47. The summed E-state index contributed by atoms with van der Waals surface area (Å²) in [4.78, 5) is 17.8. The summed E-state index contributed by atoms with van der Waals surface area (Å²) in [6, 6.07) is 8.04. The fourth-order valence-electron chi connectivity index (χ4n) is 2.30. The van der Waals surface area contributed by atoms with E-state index in [1.807, 2.05) is 34.5 Å². The van der Waals surface area contributed by atoms with Crippen molar-refractivity contribution in [3.8, 4) is 11.3 Å². The van der Waals surface area contributed by atoms with Gasteiger partial charge in [-0.1, -0.05) is 35.0 Å². The van der Waals surface area contributed by atoms with Crippen molar-refractivity contribution < 1.29 is 9.53 Å². The molecule has 0 bridgehead atoms. The second-order valence-corrected chi connectivity index (χ2v) is 6.62. The predicted octanol–water partition coefficient (Wildman–Crippen LogP) is 3.71. The summed E-state index contributed by atoms with van der Waals surface area (Å²) >= 11 is 4.97. The van der Waals surface area contributed by atoms with E-state index in [1.165, 1.54) is 0 Å². The van der Waals surface area contributed by atoms with Crippen LogP contribution in [0.4, 0.5) is 5.13 Å². The molecule has 0 N–H and O–H groups in total. The minimum Gasteiger partial charge on any atom is -0.346 e. The van der Waals surface area contributed by atoms with Crippen LogP contribution >= 0.6 is 27.3 Å². The Kier molecular flexibility index (Phi) is 4.37. The van der Waals surface area contributed by atoms with Crippen LogP contribution in [0.2, 0.25) is 0 Å². The lowest BCUT2D eigenvalue weighted by Crippen LogP contribution is -2.31. The van der Waals surface area contributed by atoms with Gasteiger partial charge in [-0.25, -0.2) is 4.98 Å². The van der Waals surface area contributed by atoms with Crippen LogP contribution in [0.15, 0.2) is 34.1 Å². The fourth-order valence-corrected chi connectivity index (χ4v) is 3.44. The monoisotopic (exact) mass is 366 g/mol. The molecule has 110 valence electrons. The van der Waals surface area contributed by atoms with E-state index >= 15 is 0 Å². The number of carbonyl (C=O) groups is 1. The number of carbonyl (C=O) groups excluding carboxylic acids is 1. The van der Waals surface area contributed by atoms with Crippen LogP contribution in [0.3, 0.4) is 0 Å². The van der Waals surface area contributed by atoms with E-state index < -0.39 is 6.23 Å². The van der Waals surface area contributed by atoms with Gasteiger partial charge in [-0.15, -0.1) is 11.3 Å². The first kappa shape index (κ1) is 14.7. The van der Waals surface area contributed by atoms with E-state index in [-0.39, 0.29) is 6.10 Å². The number of aromatic nitrogens is 1. The number of anilines is 1. The lowest BCUT2D eigenvalue weighted by molar-refractivity contribution is -0.117. The second kappa shape index (κ2) is 6.25. The number of benzene rings is 1. The zero-order valence-electron chi connectivity index (χ0n) is 11.5. The maximum absolute atomic E-state index is 11.2. The SMILES string of the molecule is CCC1CN(c2nc(-c3ccc(Br)cc3)cs2)C(C=O)O1. The molecule has 21 heavy (non-hydrogen) atoms. The van der Waals surface area contributed by atoms with Gasteiger partial charge >= 0.3 is 0 Å². The molecule has 0 spiro atoms. The number of hydrogen-bond donors (Lipinski definition) is 0. The third kappa shape index (κ3) is 3.02. The molecule has 1 aliphatic rings.